The topological polar surface area (TPSA) is 82.3 Å². The van der Waals surface area contributed by atoms with Crippen LogP contribution in [0.1, 0.15) is 58.3 Å². The van der Waals surface area contributed by atoms with Gasteiger partial charge in [-0.15, -0.1) is 0 Å². The molecule has 22 heavy (non-hydrogen) atoms. The molecule has 0 aliphatic heterocycles. The van der Waals surface area contributed by atoms with Crippen molar-refractivity contribution in [3.8, 4) is 0 Å². The van der Waals surface area contributed by atoms with Crippen LogP contribution in [0.15, 0.2) is 0 Å². The molecule has 1 saturated carbocycles. The van der Waals surface area contributed by atoms with Crippen molar-refractivity contribution in [3.05, 3.63) is 0 Å². The van der Waals surface area contributed by atoms with Crippen LogP contribution in [0.3, 0.4) is 0 Å². The molecule has 0 unspecified atom stereocenters. The van der Waals surface area contributed by atoms with E-state index in [2.05, 4.69) is 28.2 Å². The molecule has 1 aliphatic rings. The molecular weight excluding hydrogens is 280 g/mol. The van der Waals surface area contributed by atoms with Gasteiger partial charge in [-0.2, -0.15) is 0 Å². The smallest absolute Gasteiger partial charge is 0.315 e. The highest BCUT2D eigenvalue weighted by Crippen LogP contribution is 2.17. The van der Waals surface area contributed by atoms with E-state index >= 15 is 0 Å². The molecule has 128 valence electrons. The summed E-state index contributed by atoms with van der Waals surface area (Å²) in [4.78, 5) is 23.3. The Hall–Kier alpha value is -1.30. The van der Waals surface area contributed by atoms with Gasteiger partial charge < -0.3 is 21.3 Å². The summed E-state index contributed by atoms with van der Waals surface area (Å²) in [5.74, 6) is 0.0489. The predicted octanol–water partition coefficient (Wildman–Crippen LogP) is 1.51. The number of amides is 3. The first-order chi connectivity index (χ1) is 10.7. The molecule has 0 aromatic rings. The predicted molar refractivity (Wildman–Crippen MR) is 88.8 cm³/mol. The Morgan fingerprint density at radius 1 is 0.955 bits per heavy atom. The molecule has 0 aromatic carbocycles. The molecule has 1 aliphatic carbocycles. The van der Waals surface area contributed by atoms with Crippen LogP contribution in [0.5, 0.6) is 0 Å². The van der Waals surface area contributed by atoms with Crippen molar-refractivity contribution >= 4 is 11.9 Å². The van der Waals surface area contributed by atoms with Crippen molar-refractivity contribution in [2.45, 2.75) is 64.3 Å². The second-order valence-corrected chi connectivity index (χ2v) is 5.94. The standard InChI is InChI=1S/C16H32N4O2/c1-2-10-17-12-13-18-15(21)9-6-11-19-16(22)20-14-7-4-3-5-8-14/h14,17H,2-13H2,1H3,(H,18,21)(H2,19,20,22). The zero-order valence-electron chi connectivity index (χ0n) is 13.9. The average molecular weight is 312 g/mol. The van der Waals surface area contributed by atoms with Crippen molar-refractivity contribution < 1.29 is 9.59 Å². The van der Waals surface area contributed by atoms with Crippen LogP contribution in [0, 0.1) is 0 Å². The molecule has 0 radical (unpaired) electrons. The quantitative estimate of drug-likeness (QED) is 0.462. The summed E-state index contributed by atoms with van der Waals surface area (Å²) in [6.45, 7) is 5.11. The van der Waals surface area contributed by atoms with Crippen molar-refractivity contribution in [1.82, 2.24) is 21.3 Å². The van der Waals surface area contributed by atoms with E-state index in [1.54, 1.807) is 0 Å². The zero-order valence-corrected chi connectivity index (χ0v) is 13.9. The fourth-order valence-electron chi connectivity index (χ4n) is 2.61. The summed E-state index contributed by atoms with van der Waals surface area (Å²) in [7, 11) is 0. The fraction of sp³-hybridized carbons (Fsp3) is 0.875. The van der Waals surface area contributed by atoms with E-state index in [1.807, 2.05) is 0 Å². The largest absolute Gasteiger partial charge is 0.355 e. The van der Waals surface area contributed by atoms with Gasteiger partial charge in [-0.3, -0.25) is 4.79 Å². The minimum absolute atomic E-state index is 0.0489. The van der Waals surface area contributed by atoms with Gasteiger partial charge in [0, 0.05) is 32.1 Å². The molecule has 3 amide bonds. The molecule has 0 heterocycles. The first-order valence-electron chi connectivity index (χ1n) is 8.74. The second kappa shape index (κ2) is 12.3. The van der Waals surface area contributed by atoms with Crippen LogP contribution in [0.2, 0.25) is 0 Å². The first kappa shape index (κ1) is 18.7. The Labute approximate surface area is 134 Å². The summed E-state index contributed by atoms with van der Waals surface area (Å²) >= 11 is 0. The average Bonchev–Trinajstić information content (AvgIpc) is 2.52. The summed E-state index contributed by atoms with van der Waals surface area (Å²) in [5, 5.41) is 11.9. The Bertz CT molecular complexity index is 317. The highest BCUT2D eigenvalue weighted by molar-refractivity contribution is 5.76. The summed E-state index contributed by atoms with van der Waals surface area (Å²) in [6.07, 6.45) is 8.09. The van der Waals surface area contributed by atoms with Crippen LogP contribution < -0.4 is 21.3 Å². The Balaban J connectivity index is 1.92. The van der Waals surface area contributed by atoms with Crippen molar-refractivity contribution in [3.63, 3.8) is 0 Å². The zero-order chi connectivity index (χ0) is 16.0. The maximum atomic E-state index is 11.7. The molecular formula is C16H32N4O2. The van der Waals surface area contributed by atoms with Gasteiger partial charge in [0.15, 0.2) is 0 Å². The van der Waals surface area contributed by atoms with Gasteiger partial charge in [0.2, 0.25) is 5.91 Å². The van der Waals surface area contributed by atoms with Crippen molar-refractivity contribution in [2.75, 3.05) is 26.2 Å². The second-order valence-electron chi connectivity index (χ2n) is 5.94. The highest BCUT2D eigenvalue weighted by atomic mass is 16.2. The van der Waals surface area contributed by atoms with Crippen LogP contribution in [-0.4, -0.2) is 44.2 Å². The number of carbonyl (C=O) groups excluding carboxylic acids is 2. The van der Waals surface area contributed by atoms with E-state index in [0.717, 1.165) is 32.4 Å². The first-order valence-corrected chi connectivity index (χ1v) is 8.74. The molecule has 1 fully saturated rings. The number of hydrogen-bond donors (Lipinski definition) is 4. The third-order valence-electron chi connectivity index (χ3n) is 3.86. The van der Waals surface area contributed by atoms with Gasteiger partial charge in [0.25, 0.3) is 0 Å². The molecule has 0 bridgehead atoms. The maximum Gasteiger partial charge on any atom is 0.315 e. The maximum absolute atomic E-state index is 11.7. The third kappa shape index (κ3) is 9.60. The summed E-state index contributed by atoms with van der Waals surface area (Å²) in [6, 6.07) is 0.226. The molecule has 1 rings (SSSR count). The van der Waals surface area contributed by atoms with Crippen molar-refractivity contribution in [2.24, 2.45) is 0 Å². The Kier molecular flexibility index (Phi) is 10.5. The third-order valence-corrected chi connectivity index (χ3v) is 3.86. The molecule has 0 spiro atoms. The van der Waals surface area contributed by atoms with Crippen LogP contribution in [0.4, 0.5) is 4.79 Å². The van der Waals surface area contributed by atoms with Gasteiger partial charge in [0.05, 0.1) is 0 Å². The minimum Gasteiger partial charge on any atom is -0.355 e. The van der Waals surface area contributed by atoms with E-state index in [0.29, 0.717) is 32.0 Å². The van der Waals surface area contributed by atoms with E-state index in [-0.39, 0.29) is 11.9 Å². The molecule has 6 nitrogen and oxygen atoms in total. The minimum atomic E-state index is -0.101. The number of hydrogen-bond acceptors (Lipinski definition) is 3. The fourth-order valence-corrected chi connectivity index (χ4v) is 2.61. The van der Waals surface area contributed by atoms with E-state index in [9.17, 15) is 9.59 Å². The van der Waals surface area contributed by atoms with Crippen LogP contribution >= 0.6 is 0 Å². The lowest BCUT2D eigenvalue weighted by Gasteiger charge is -2.22. The lowest BCUT2D eigenvalue weighted by molar-refractivity contribution is -0.121. The normalized spacial score (nSPS) is 15.3. The van der Waals surface area contributed by atoms with Gasteiger partial charge in [-0.05, 0) is 32.2 Å². The molecule has 0 saturated heterocycles. The van der Waals surface area contributed by atoms with Crippen LogP contribution in [-0.2, 0) is 4.79 Å². The van der Waals surface area contributed by atoms with Gasteiger partial charge >= 0.3 is 6.03 Å². The van der Waals surface area contributed by atoms with Gasteiger partial charge in [-0.25, -0.2) is 4.79 Å². The molecule has 6 heteroatoms. The lowest BCUT2D eigenvalue weighted by atomic mass is 9.96. The van der Waals surface area contributed by atoms with E-state index in [4.69, 9.17) is 0 Å². The summed E-state index contributed by atoms with van der Waals surface area (Å²) < 4.78 is 0. The van der Waals surface area contributed by atoms with Gasteiger partial charge in [0.1, 0.15) is 0 Å². The Morgan fingerprint density at radius 3 is 2.45 bits per heavy atom. The lowest BCUT2D eigenvalue weighted by Crippen LogP contribution is -2.43. The van der Waals surface area contributed by atoms with Crippen molar-refractivity contribution in [1.29, 1.82) is 0 Å². The molecule has 4 N–H and O–H groups in total. The van der Waals surface area contributed by atoms with Gasteiger partial charge in [-0.1, -0.05) is 26.2 Å². The number of carbonyl (C=O) groups is 2. The van der Waals surface area contributed by atoms with Crippen LogP contribution in [0.25, 0.3) is 0 Å². The summed E-state index contributed by atoms with van der Waals surface area (Å²) in [5.41, 5.74) is 0. The van der Waals surface area contributed by atoms with E-state index in [1.165, 1.54) is 19.3 Å². The molecule has 0 aromatic heterocycles. The number of urea groups is 1. The monoisotopic (exact) mass is 312 g/mol. The SMILES string of the molecule is CCCNCCNC(=O)CCCNC(=O)NC1CCCCC1. The molecule has 0 atom stereocenters. The number of nitrogens with one attached hydrogen (secondary N) is 4. The van der Waals surface area contributed by atoms with E-state index < -0.39 is 0 Å². The number of rotatable bonds is 10. The Morgan fingerprint density at radius 2 is 1.73 bits per heavy atom. The highest BCUT2D eigenvalue weighted by Gasteiger charge is 2.15.